The fourth-order valence-electron chi connectivity index (χ4n) is 1.93. The Kier molecular flexibility index (Phi) is 5.54. The van der Waals surface area contributed by atoms with Crippen LogP contribution in [0.2, 0.25) is 0 Å². The number of allylic oxidation sites excluding steroid dienone is 1. The van der Waals surface area contributed by atoms with Crippen molar-refractivity contribution in [2.45, 2.75) is 12.4 Å². The molecule has 0 saturated carbocycles. The zero-order valence-corrected chi connectivity index (χ0v) is 13.2. The summed E-state index contributed by atoms with van der Waals surface area (Å²) in [6, 6.07) is 6.75. The van der Waals surface area contributed by atoms with Crippen LogP contribution in [0.3, 0.4) is 0 Å². The molecule has 0 atom stereocenters. The van der Waals surface area contributed by atoms with E-state index in [9.17, 15) is 31.1 Å². The van der Waals surface area contributed by atoms with E-state index in [1.807, 2.05) is 0 Å². The van der Waals surface area contributed by atoms with Crippen LogP contribution in [0.5, 0.6) is 0 Å². The fraction of sp³-hybridized carbons (Fsp3) is 0.118. The van der Waals surface area contributed by atoms with Crippen molar-refractivity contribution in [1.29, 1.82) is 5.26 Å². The van der Waals surface area contributed by atoms with E-state index < -0.39 is 34.8 Å². The number of hydrogen-bond donors (Lipinski definition) is 1. The second-order valence-electron chi connectivity index (χ2n) is 5.15. The van der Waals surface area contributed by atoms with Gasteiger partial charge in [0, 0.05) is 18.0 Å². The molecule has 0 amide bonds. The summed E-state index contributed by atoms with van der Waals surface area (Å²) < 4.78 is 75.5. The lowest BCUT2D eigenvalue weighted by atomic mass is 10.0. The van der Waals surface area contributed by atoms with Gasteiger partial charge in [-0.25, -0.2) is 4.98 Å². The highest BCUT2D eigenvalue weighted by Gasteiger charge is 2.31. The number of halogens is 6. The van der Waals surface area contributed by atoms with Gasteiger partial charge in [0.1, 0.15) is 17.5 Å². The maximum Gasteiger partial charge on any atom is 0.417 e. The Morgan fingerprint density at radius 1 is 1.04 bits per heavy atom. The summed E-state index contributed by atoms with van der Waals surface area (Å²) in [6.07, 6.45) is -7.82. The van der Waals surface area contributed by atoms with Crippen molar-refractivity contribution in [3.8, 4) is 6.07 Å². The van der Waals surface area contributed by atoms with Gasteiger partial charge in [0.15, 0.2) is 0 Å². The number of alkyl halides is 6. The number of Topliss-reactive ketones (excluding diaryl/α,β-unsaturated/α-hetero) is 1. The van der Waals surface area contributed by atoms with Crippen LogP contribution in [0.1, 0.15) is 21.5 Å². The molecular weight excluding hydrogens is 376 g/mol. The van der Waals surface area contributed by atoms with Crippen LogP contribution in [0.4, 0.5) is 32.2 Å². The first-order chi connectivity index (χ1) is 12.5. The summed E-state index contributed by atoms with van der Waals surface area (Å²) in [5.41, 5.74) is -2.95. The molecule has 0 aliphatic heterocycles. The highest BCUT2D eigenvalue weighted by Crippen LogP contribution is 2.30. The predicted molar refractivity (Wildman–Crippen MR) is 82.3 cm³/mol. The lowest BCUT2D eigenvalue weighted by Gasteiger charge is -2.08. The van der Waals surface area contributed by atoms with Gasteiger partial charge in [0.05, 0.1) is 11.1 Å². The van der Waals surface area contributed by atoms with E-state index >= 15 is 0 Å². The molecule has 0 aliphatic rings. The van der Waals surface area contributed by atoms with Gasteiger partial charge in [0.25, 0.3) is 0 Å². The van der Waals surface area contributed by atoms with Crippen molar-refractivity contribution in [2.75, 3.05) is 5.32 Å². The van der Waals surface area contributed by atoms with Crippen LogP contribution in [0.15, 0.2) is 54.4 Å². The topological polar surface area (TPSA) is 65.8 Å². The number of rotatable bonds is 4. The van der Waals surface area contributed by atoms with E-state index in [4.69, 9.17) is 5.26 Å². The van der Waals surface area contributed by atoms with E-state index in [1.54, 1.807) is 0 Å². The van der Waals surface area contributed by atoms with Crippen LogP contribution < -0.4 is 5.32 Å². The molecule has 0 spiro atoms. The molecule has 2 aromatic rings. The Morgan fingerprint density at radius 2 is 1.70 bits per heavy atom. The second-order valence-corrected chi connectivity index (χ2v) is 5.15. The highest BCUT2D eigenvalue weighted by atomic mass is 19.4. The van der Waals surface area contributed by atoms with E-state index in [0.717, 1.165) is 36.5 Å². The third-order valence-electron chi connectivity index (χ3n) is 3.27. The minimum Gasteiger partial charge on any atom is -0.345 e. The Hall–Kier alpha value is -3.35. The molecule has 10 heteroatoms. The number of nitrogens with one attached hydrogen (secondary N) is 1. The maximum atomic E-state index is 12.7. The standard InChI is InChI=1S/C17H9F6N3O/c18-16(19,20)12-3-1-2-10(6-12)15(27)11(7-24)8-25-14-5-4-13(9-26-14)17(21,22)23/h1-6,8-9H,(H,25,26). The Morgan fingerprint density at radius 3 is 2.22 bits per heavy atom. The molecule has 27 heavy (non-hydrogen) atoms. The summed E-state index contributed by atoms with van der Waals surface area (Å²) in [7, 11) is 0. The number of pyridine rings is 1. The summed E-state index contributed by atoms with van der Waals surface area (Å²) in [5.74, 6) is -1.07. The Balaban J connectivity index is 2.21. The number of carbonyl (C=O) groups excluding carboxylic acids is 1. The quantitative estimate of drug-likeness (QED) is 0.355. The summed E-state index contributed by atoms with van der Waals surface area (Å²) in [6.45, 7) is 0. The Labute approximate surface area is 148 Å². The molecule has 2 rings (SSSR count). The molecule has 1 heterocycles. The van der Waals surface area contributed by atoms with Crippen LogP contribution in [-0.4, -0.2) is 10.8 Å². The summed E-state index contributed by atoms with van der Waals surface area (Å²) in [4.78, 5) is 15.7. The van der Waals surface area contributed by atoms with E-state index in [-0.39, 0.29) is 11.4 Å². The van der Waals surface area contributed by atoms with E-state index in [2.05, 4.69) is 10.3 Å². The predicted octanol–water partition coefficient (Wildman–Crippen LogP) is 4.82. The lowest BCUT2D eigenvalue weighted by molar-refractivity contribution is -0.138. The lowest BCUT2D eigenvalue weighted by Crippen LogP contribution is -2.09. The second kappa shape index (κ2) is 7.49. The zero-order valence-electron chi connectivity index (χ0n) is 13.2. The number of nitriles is 1. The van der Waals surface area contributed by atoms with Gasteiger partial charge in [-0.05, 0) is 24.3 Å². The number of carbonyl (C=O) groups is 1. The molecule has 0 radical (unpaired) electrons. The smallest absolute Gasteiger partial charge is 0.345 e. The maximum absolute atomic E-state index is 12.7. The summed E-state index contributed by atoms with van der Waals surface area (Å²) in [5, 5.41) is 11.4. The SMILES string of the molecule is N#CC(=CNc1ccc(C(F)(F)F)cn1)C(=O)c1cccc(C(F)(F)F)c1. The molecule has 0 aliphatic carbocycles. The van der Waals surface area contributed by atoms with Gasteiger partial charge < -0.3 is 5.32 Å². The van der Waals surface area contributed by atoms with Gasteiger partial charge in [-0.2, -0.15) is 31.6 Å². The van der Waals surface area contributed by atoms with Crippen LogP contribution >= 0.6 is 0 Å². The molecule has 1 aromatic heterocycles. The monoisotopic (exact) mass is 385 g/mol. The van der Waals surface area contributed by atoms with Gasteiger partial charge in [-0.3, -0.25) is 4.79 Å². The number of aromatic nitrogens is 1. The first kappa shape index (κ1) is 20.0. The highest BCUT2D eigenvalue weighted by molar-refractivity contribution is 6.11. The molecule has 0 fully saturated rings. The molecule has 0 unspecified atom stereocenters. The van der Waals surface area contributed by atoms with Crippen molar-refractivity contribution in [1.82, 2.24) is 4.98 Å². The minimum absolute atomic E-state index is 0.0902. The van der Waals surface area contributed by atoms with Crippen molar-refractivity contribution in [2.24, 2.45) is 0 Å². The normalized spacial score (nSPS) is 12.4. The number of hydrogen-bond acceptors (Lipinski definition) is 4. The van der Waals surface area contributed by atoms with Gasteiger partial charge in [-0.1, -0.05) is 12.1 Å². The molecule has 1 N–H and O–H groups in total. The van der Waals surface area contributed by atoms with Crippen molar-refractivity contribution >= 4 is 11.6 Å². The van der Waals surface area contributed by atoms with E-state index in [1.165, 1.54) is 6.07 Å². The number of ketones is 1. The molecular formula is C17H9F6N3O. The first-order valence-electron chi connectivity index (χ1n) is 7.14. The van der Waals surface area contributed by atoms with Crippen LogP contribution in [-0.2, 0) is 12.4 Å². The molecule has 140 valence electrons. The molecule has 1 aromatic carbocycles. The fourth-order valence-corrected chi connectivity index (χ4v) is 1.93. The number of anilines is 1. The number of nitrogens with zero attached hydrogens (tertiary/aromatic N) is 2. The molecule has 0 saturated heterocycles. The average Bonchev–Trinajstić information content (AvgIpc) is 2.61. The summed E-state index contributed by atoms with van der Waals surface area (Å²) >= 11 is 0. The van der Waals surface area contributed by atoms with Crippen LogP contribution in [0, 0.1) is 11.3 Å². The molecule has 4 nitrogen and oxygen atoms in total. The first-order valence-corrected chi connectivity index (χ1v) is 7.14. The van der Waals surface area contributed by atoms with Crippen molar-refractivity contribution in [3.05, 3.63) is 71.1 Å². The molecule has 0 bridgehead atoms. The largest absolute Gasteiger partial charge is 0.417 e. The van der Waals surface area contributed by atoms with Crippen molar-refractivity contribution in [3.63, 3.8) is 0 Å². The van der Waals surface area contributed by atoms with Crippen LogP contribution in [0.25, 0.3) is 0 Å². The van der Waals surface area contributed by atoms with E-state index in [0.29, 0.717) is 12.3 Å². The van der Waals surface area contributed by atoms with Gasteiger partial charge in [0.2, 0.25) is 5.78 Å². The third-order valence-corrected chi connectivity index (χ3v) is 3.27. The number of benzene rings is 1. The zero-order chi connectivity index (χ0) is 20.2. The third kappa shape index (κ3) is 5.07. The Bertz CT molecular complexity index is 908. The minimum atomic E-state index is -4.66. The van der Waals surface area contributed by atoms with Crippen molar-refractivity contribution < 1.29 is 31.1 Å². The van der Waals surface area contributed by atoms with Gasteiger partial charge in [-0.15, -0.1) is 0 Å². The average molecular weight is 385 g/mol. The van der Waals surface area contributed by atoms with Gasteiger partial charge >= 0.3 is 12.4 Å².